The summed E-state index contributed by atoms with van der Waals surface area (Å²) in [6.45, 7) is 0. The van der Waals surface area contributed by atoms with Crippen molar-refractivity contribution < 1.29 is 8.78 Å². The van der Waals surface area contributed by atoms with E-state index in [0.29, 0.717) is 15.1 Å². The van der Waals surface area contributed by atoms with Gasteiger partial charge >= 0.3 is 0 Å². The maximum atomic E-state index is 13.6. The number of hydrogen-bond donors (Lipinski definition) is 1. The third-order valence-electron chi connectivity index (χ3n) is 2.61. The maximum Gasteiger partial charge on any atom is 0.131 e. The minimum atomic E-state index is -0.891. The normalized spacial score (nSPS) is 12.5. The zero-order valence-corrected chi connectivity index (χ0v) is 11.5. The van der Waals surface area contributed by atoms with Gasteiger partial charge in [-0.2, -0.15) is 0 Å². The van der Waals surface area contributed by atoms with Gasteiger partial charge in [-0.3, -0.25) is 0 Å². The molecule has 1 atom stereocenters. The molecule has 0 aliphatic heterocycles. The molecule has 0 amide bonds. The van der Waals surface area contributed by atoms with Crippen LogP contribution in [-0.2, 0) is 0 Å². The van der Waals surface area contributed by atoms with Gasteiger partial charge in [-0.1, -0.05) is 39.7 Å². The molecule has 0 bridgehead atoms. The average Bonchev–Trinajstić information content (AvgIpc) is 2.28. The van der Waals surface area contributed by atoms with Gasteiger partial charge < -0.3 is 5.73 Å². The van der Waals surface area contributed by atoms with Crippen LogP contribution in [0.1, 0.15) is 17.2 Å². The van der Waals surface area contributed by atoms with Crippen LogP contribution < -0.4 is 5.73 Å². The first-order chi connectivity index (χ1) is 8.50. The van der Waals surface area contributed by atoms with Crippen LogP contribution in [0.5, 0.6) is 0 Å². The molecule has 0 fully saturated rings. The van der Waals surface area contributed by atoms with E-state index in [0.717, 1.165) is 0 Å². The van der Waals surface area contributed by atoms with Crippen LogP contribution >= 0.6 is 27.5 Å². The molecule has 18 heavy (non-hydrogen) atoms. The van der Waals surface area contributed by atoms with E-state index >= 15 is 0 Å². The summed E-state index contributed by atoms with van der Waals surface area (Å²) in [5.74, 6) is -1.33. The van der Waals surface area contributed by atoms with Gasteiger partial charge in [0.25, 0.3) is 0 Å². The lowest BCUT2D eigenvalue weighted by Gasteiger charge is -2.16. The monoisotopic (exact) mass is 331 g/mol. The molecule has 2 N–H and O–H groups in total. The first-order valence-electron chi connectivity index (χ1n) is 5.15. The Kier molecular flexibility index (Phi) is 4.00. The van der Waals surface area contributed by atoms with Gasteiger partial charge in [0.1, 0.15) is 11.6 Å². The molecule has 0 heterocycles. The summed E-state index contributed by atoms with van der Waals surface area (Å²) < 4.78 is 27.9. The van der Waals surface area contributed by atoms with Gasteiger partial charge in [-0.05, 0) is 29.8 Å². The van der Waals surface area contributed by atoms with Crippen LogP contribution in [0, 0.1) is 11.6 Å². The fraction of sp³-hybridized carbons (Fsp3) is 0.0769. The van der Waals surface area contributed by atoms with Crippen molar-refractivity contribution in [2.45, 2.75) is 6.04 Å². The minimum absolute atomic E-state index is 0.152. The Balaban J connectivity index is 2.51. The average molecular weight is 333 g/mol. The fourth-order valence-corrected chi connectivity index (χ4v) is 2.65. The molecule has 0 saturated carbocycles. The number of halogens is 4. The number of rotatable bonds is 2. The fourth-order valence-electron chi connectivity index (χ4n) is 1.72. The van der Waals surface area contributed by atoms with E-state index in [9.17, 15) is 8.78 Å². The predicted molar refractivity (Wildman–Crippen MR) is 71.5 cm³/mol. The predicted octanol–water partition coefficient (Wildman–Crippen LogP) is 4.43. The quantitative estimate of drug-likeness (QED) is 0.865. The molecule has 2 rings (SSSR count). The molecule has 2 aromatic rings. The van der Waals surface area contributed by atoms with E-state index in [1.165, 1.54) is 18.2 Å². The molecule has 0 radical (unpaired) electrons. The second-order valence-corrected chi connectivity index (χ2v) is 5.07. The van der Waals surface area contributed by atoms with Crippen LogP contribution in [0.4, 0.5) is 8.78 Å². The van der Waals surface area contributed by atoms with E-state index in [1.54, 1.807) is 18.2 Å². The van der Waals surface area contributed by atoms with Gasteiger partial charge in [-0.15, -0.1) is 0 Å². The largest absolute Gasteiger partial charge is 0.320 e. The van der Waals surface area contributed by atoms with Gasteiger partial charge in [0.15, 0.2) is 0 Å². The lowest BCUT2D eigenvalue weighted by molar-refractivity contribution is 0.543. The van der Waals surface area contributed by atoms with E-state index in [-0.39, 0.29) is 5.56 Å². The van der Waals surface area contributed by atoms with E-state index < -0.39 is 17.7 Å². The Morgan fingerprint density at radius 1 is 1.11 bits per heavy atom. The molecule has 0 aliphatic rings. The molecule has 0 aromatic heterocycles. The number of nitrogens with two attached hydrogens (primary N) is 1. The Morgan fingerprint density at radius 2 is 1.72 bits per heavy atom. The summed E-state index contributed by atoms with van der Waals surface area (Å²) in [5.41, 5.74) is 6.34. The van der Waals surface area contributed by atoms with Crippen LogP contribution in [0.2, 0.25) is 5.02 Å². The molecule has 0 saturated heterocycles. The second kappa shape index (κ2) is 5.34. The summed E-state index contributed by atoms with van der Waals surface area (Å²) in [7, 11) is 0. The smallest absolute Gasteiger partial charge is 0.131 e. The maximum absolute atomic E-state index is 13.6. The van der Waals surface area contributed by atoms with Gasteiger partial charge in [0.05, 0.1) is 6.04 Å². The summed E-state index contributed by atoms with van der Waals surface area (Å²) in [6, 6.07) is 7.68. The Labute approximate surface area is 117 Å². The Morgan fingerprint density at radius 3 is 2.28 bits per heavy atom. The molecule has 2 aromatic carbocycles. The van der Waals surface area contributed by atoms with E-state index in [2.05, 4.69) is 15.9 Å². The molecule has 0 aliphatic carbocycles. The summed E-state index contributed by atoms with van der Waals surface area (Å²) in [4.78, 5) is 0. The van der Waals surface area contributed by atoms with Crippen molar-refractivity contribution in [3.05, 3.63) is 68.7 Å². The minimum Gasteiger partial charge on any atom is -0.320 e. The van der Waals surface area contributed by atoms with Crippen LogP contribution in [-0.4, -0.2) is 0 Å². The van der Waals surface area contributed by atoms with Crippen molar-refractivity contribution in [3.63, 3.8) is 0 Å². The molecule has 5 heteroatoms. The summed E-state index contributed by atoms with van der Waals surface area (Å²) in [6.07, 6.45) is 0. The van der Waals surface area contributed by atoms with Crippen LogP contribution in [0.3, 0.4) is 0 Å². The summed E-state index contributed by atoms with van der Waals surface area (Å²) in [5, 5.41) is 0.520. The molecule has 94 valence electrons. The zero-order chi connectivity index (χ0) is 13.3. The van der Waals surface area contributed by atoms with Crippen molar-refractivity contribution in [3.8, 4) is 0 Å². The lowest BCUT2D eigenvalue weighted by Crippen LogP contribution is -2.16. The van der Waals surface area contributed by atoms with Crippen LogP contribution in [0.25, 0.3) is 0 Å². The second-order valence-electron chi connectivity index (χ2n) is 3.78. The first-order valence-corrected chi connectivity index (χ1v) is 6.32. The van der Waals surface area contributed by atoms with Gasteiger partial charge in [-0.25, -0.2) is 8.78 Å². The standard InChI is InChI=1S/C13H9BrClF2N/c14-9-6-7(15)4-5-8(9)13(18)12-10(16)2-1-3-11(12)17/h1-6,13H,18H2. The van der Waals surface area contributed by atoms with Crippen molar-refractivity contribution in [2.24, 2.45) is 5.73 Å². The Hall–Kier alpha value is -0.970. The van der Waals surface area contributed by atoms with Crippen molar-refractivity contribution in [1.29, 1.82) is 0 Å². The molecular weight excluding hydrogens is 324 g/mol. The van der Waals surface area contributed by atoms with Gasteiger partial charge in [0.2, 0.25) is 0 Å². The van der Waals surface area contributed by atoms with Crippen molar-refractivity contribution >= 4 is 27.5 Å². The highest BCUT2D eigenvalue weighted by Gasteiger charge is 2.20. The highest BCUT2D eigenvalue weighted by atomic mass is 79.9. The third-order valence-corrected chi connectivity index (χ3v) is 3.53. The van der Waals surface area contributed by atoms with E-state index in [4.69, 9.17) is 17.3 Å². The highest BCUT2D eigenvalue weighted by Crippen LogP contribution is 2.31. The molecule has 1 nitrogen and oxygen atoms in total. The molecule has 0 spiro atoms. The Bertz CT molecular complexity index is 569. The molecular formula is C13H9BrClF2N. The first kappa shape index (κ1) is 13.5. The zero-order valence-electron chi connectivity index (χ0n) is 9.13. The van der Waals surface area contributed by atoms with Crippen LogP contribution in [0.15, 0.2) is 40.9 Å². The highest BCUT2D eigenvalue weighted by molar-refractivity contribution is 9.10. The van der Waals surface area contributed by atoms with E-state index in [1.807, 2.05) is 0 Å². The molecule has 1 unspecified atom stereocenters. The van der Waals surface area contributed by atoms with Crippen molar-refractivity contribution in [2.75, 3.05) is 0 Å². The van der Waals surface area contributed by atoms with Crippen molar-refractivity contribution in [1.82, 2.24) is 0 Å². The summed E-state index contributed by atoms with van der Waals surface area (Å²) >= 11 is 9.10. The SMILES string of the molecule is NC(c1ccc(Cl)cc1Br)c1c(F)cccc1F. The number of benzene rings is 2. The van der Waals surface area contributed by atoms with Gasteiger partial charge in [0, 0.05) is 15.1 Å². The number of hydrogen-bond acceptors (Lipinski definition) is 1. The topological polar surface area (TPSA) is 26.0 Å². The third kappa shape index (κ3) is 2.55. The lowest BCUT2D eigenvalue weighted by atomic mass is 9.98.